The average Bonchev–Trinajstić information content (AvgIpc) is 2.66. The molecule has 2 heteroatoms. The first-order chi connectivity index (χ1) is 7.58. The van der Waals surface area contributed by atoms with Gasteiger partial charge in [-0.25, -0.2) is 0 Å². The second kappa shape index (κ2) is 6.09. The molecule has 0 spiro atoms. The van der Waals surface area contributed by atoms with Crippen LogP contribution in [-0.4, -0.2) is 6.04 Å². The highest BCUT2D eigenvalue weighted by Crippen LogP contribution is 2.19. The Balaban J connectivity index is 2.53. The van der Waals surface area contributed by atoms with Crippen LogP contribution in [0, 0.1) is 12.8 Å². The number of rotatable bonds is 6. The lowest BCUT2D eigenvalue weighted by atomic mass is 9.95. The Hall–Kier alpha value is -0.760. The largest absolute Gasteiger partial charge is 0.465 e. The van der Waals surface area contributed by atoms with Crippen molar-refractivity contribution in [2.75, 3.05) is 0 Å². The lowest BCUT2D eigenvalue weighted by Gasteiger charge is -2.25. The molecule has 2 atom stereocenters. The first-order valence-corrected chi connectivity index (χ1v) is 6.40. The summed E-state index contributed by atoms with van der Waals surface area (Å²) in [5.74, 6) is 2.77. The van der Waals surface area contributed by atoms with Gasteiger partial charge in [0.05, 0.1) is 6.04 Å². The molecular formula is C14H25NO. The van der Waals surface area contributed by atoms with Crippen LogP contribution in [0.3, 0.4) is 0 Å². The van der Waals surface area contributed by atoms with Gasteiger partial charge in [-0.15, -0.1) is 0 Å². The topological polar surface area (TPSA) is 25.2 Å². The Kier molecular flexibility index (Phi) is 5.07. The lowest BCUT2D eigenvalue weighted by Crippen LogP contribution is -2.34. The first-order valence-electron chi connectivity index (χ1n) is 6.40. The molecule has 2 nitrogen and oxygen atoms in total. The summed E-state index contributed by atoms with van der Waals surface area (Å²) in [5, 5.41) is 3.62. The van der Waals surface area contributed by atoms with E-state index < -0.39 is 0 Å². The third-order valence-electron chi connectivity index (χ3n) is 3.46. The molecule has 0 aliphatic carbocycles. The SMILES string of the molecule is CCC(CC)C(C)NC(C)c1ccc(C)o1. The summed E-state index contributed by atoms with van der Waals surface area (Å²) >= 11 is 0. The van der Waals surface area contributed by atoms with Crippen molar-refractivity contribution in [1.29, 1.82) is 0 Å². The maximum atomic E-state index is 5.63. The van der Waals surface area contributed by atoms with Crippen molar-refractivity contribution in [3.63, 3.8) is 0 Å². The predicted octanol–water partition coefficient (Wildman–Crippen LogP) is 4.06. The van der Waals surface area contributed by atoms with Crippen LogP contribution in [0.15, 0.2) is 16.5 Å². The minimum absolute atomic E-state index is 0.296. The van der Waals surface area contributed by atoms with Crippen molar-refractivity contribution in [2.24, 2.45) is 5.92 Å². The van der Waals surface area contributed by atoms with Crippen LogP contribution in [0.2, 0.25) is 0 Å². The molecule has 0 amide bonds. The van der Waals surface area contributed by atoms with E-state index in [0.29, 0.717) is 12.1 Å². The summed E-state index contributed by atoms with van der Waals surface area (Å²) in [7, 11) is 0. The van der Waals surface area contributed by atoms with Crippen molar-refractivity contribution >= 4 is 0 Å². The van der Waals surface area contributed by atoms with E-state index >= 15 is 0 Å². The van der Waals surface area contributed by atoms with Gasteiger partial charge in [-0.2, -0.15) is 0 Å². The van der Waals surface area contributed by atoms with Crippen molar-refractivity contribution in [1.82, 2.24) is 5.32 Å². The normalized spacial score (nSPS) is 15.4. The summed E-state index contributed by atoms with van der Waals surface area (Å²) in [5.41, 5.74) is 0. The Morgan fingerprint density at radius 3 is 2.25 bits per heavy atom. The third kappa shape index (κ3) is 3.38. The van der Waals surface area contributed by atoms with E-state index in [4.69, 9.17) is 4.42 Å². The molecule has 92 valence electrons. The zero-order chi connectivity index (χ0) is 12.1. The van der Waals surface area contributed by atoms with E-state index in [9.17, 15) is 0 Å². The van der Waals surface area contributed by atoms with Gasteiger partial charge in [0.1, 0.15) is 11.5 Å². The van der Waals surface area contributed by atoms with E-state index in [1.807, 2.05) is 13.0 Å². The predicted molar refractivity (Wildman–Crippen MR) is 68.5 cm³/mol. The summed E-state index contributed by atoms with van der Waals surface area (Å²) in [6.45, 7) is 10.9. The molecule has 0 bridgehead atoms. The maximum absolute atomic E-state index is 5.63. The van der Waals surface area contributed by atoms with E-state index in [1.165, 1.54) is 12.8 Å². The van der Waals surface area contributed by atoms with Gasteiger partial charge in [-0.3, -0.25) is 0 Å². The van der Waals surface area contributed by atoms with E-state index in [-0.39, 0.29) is 0 Å². The number of furan rings is 1. The molecule has 0 fully saturated rings. The fraction of sp³-hybridized carbons (Fsp3) is 0.714. The van der Waals surface area contributed by atoms with Crippen molar-refractivity contribution in [3.05, 3.63) is 23.7 Å². The van der Waals surface area contributed by atoms with Gasteiger partial charge in [0, 0.05) is 6.04 Å². The van der Waals surface area contributed by atoms with Crippen LogP contribution in [0.4, 0.5) is 0 Å². The number of aryl methyl sites for hydroxylation is 1. The van der Waals surface area contributed by atoms with Gasteiger partial charge in [0.2, 0.25) is 0 Å². The maximum Gasteiger partial charge on any atom is 0.120 e. The molecule has 0 saturated carbocycles. The van der Waals surface area contributed by atoms with Crippen molar-refractivity contribution in [2.45, 2.75) is 59.5 Å². The molecule has 1 N–H and O–H groups in total. The third-order valence-corrected chi connectivity index (χ3v) is 3.46. The fourth-order valence-corrected chi connectivity index (χ4v) is 2.29. The van der Waals surface area contributed by atoms with E-state index in [2.05, 4.69) is 39.1 Å². The second-order valence-electron chi connectivity index (χ2n) is 4.70. The van der Waals surface area contributed by atoms with Gasteiger partial charge in [-0.05, 0) is 38.8 Å². The standard InChI is InChI=1S/C14H25NO/c1-6-13(7-2)11(4)15-12(5)14-9-8-10(3)16-14/h8-9,11-13,15H,6-7H2,1-5H3. The van der Waals surface area contributed by atoms with Crippen LogP contribution in [0.5, 0.6) is 0 Å². The quantitative estimate of drug-likeness (QED) is 0.786. The Bertz CT molecular complexity index is 301. The first kappa shape index (κ1) is 13.3. The van der Waals surface area contributed by atoms with Crippen molar-refractivity contribution in [3.8, 4) is 0 Å². The smallest absolute Gasteiger partial charge is 0.120 e. The Labute approximate surface area is 99.4 Å². The minimum Gasteiger partial charge on any atom is -0.465 e. The molecule has 0 aliphatic heterocycles. The van der Waals surface area contributed by atoms with Crippen LogP contribution in [0.25, 0.3) is 0 Å². The van der Waals surface area contributed by atoms with Crippen molar-refractivity contribution < 1.29 is 4.42 Å². The Morgan fingerprint density at radius 1 is 1.19 bits per heavy atom. The number of hydrogen-bond acceptors (Lipinski definition) is 2. The van der Waals surface area contributed by atoms with Gasteiger partial charge < -0.3 is 9.73 Å². The van der Waals surface area contributed by atoms with Crippen LogP contribution < -0.4 is 5.32 Å². The summed E-state index contributed by atoms with van der Waals surface area (Å²) in [6.07, 6.45) is 2.46. The van der Waals surface area contributed by atoms with E-state index in [0.717, 1.165) is 17.4 Å². The highest BCUT2D eigenvalue weighted by Gasteiger charge is 2.17. The molecular weight excluding hydrogens is 198 g/mol. The monoisotopic (exact) mass is 223 g/mol. The molecule has 16 heavy (non-hydrogen) atoms. The average molecular weight is 223 g/mol. The summed E-state index contributed by atoms with van der Waals surface area (Å²) in [6, 6.07) is 4.92. The number of hydrogen-bond donors (Lipinski definition) is 1. The Morgan fingerprint density at radius 2 is 1.81 bits per heavy atom. The molecule has 1 rings (SSSR count). The van der Waals surface area contributed by atoms with Crippen LogP contribution >= 0.6 is 0 Å². The zero-order valence-electron chi connectivity index (χ0n) is 11.2. The molecule has 1 aromatic heterocycles. The molecule has 0 aromatic carbocycles. The second-order valence-corrected chi connectivity index (χ2v) is 4.70. The molecule has 0 aliphatic rings. The van der Waals surface area contributed by atoms with Crippen LogP contribution in [-0.2, 0) is 0 Å². The molecule has 2 unspecified atom stereocenters. The van der Waals surface area contributed by atoms with Gasteiger partial charge in [-0.1, -0.05) is 26.7 Å². The highest BCUT2D eigenvalue weighted by molar-refractivity contribution is 5.09. The zero-order valence-corrected chi connectivity index (χ0v) is 11.2. The minimum atomic E-state index is 0.296. The summed E-state index contributed by atoms with van der Waals surface area (Å²) < 4.78 is 5.63. The van der Waals surface area contributed by atoms with Gasteiger partial charge in [0.15, 0.2) is 0 Å². The molecule has 1 heterocycles. The van der Waals surface area contributed by atoms with E-state index in [1.54, 1.807) is 0 Å². The number of nitrogens with one attached hydrogen (secondary N) is 1. The molecule has 1 aromatic rings. The summed E-state index contributed by atoms with van der Waals surface area (Å²) in [4.78, 5) is 0. The molecule has 0 saturated heterocycles. The van der Waals surface area contributed by atoms with Gasteiger partial charge in [0.25, 0.3) is 0 Å². The fourth-order valence-electron chi connectivity index (χ4n) is 2.29. The van der Waals surface area contributed by atoms with Gasteiger partial charge >= 0.3 is 0 Å². The lowest BCUT2D eigenvalue weighted by molar-refractivity contribution is 0.308. The highest BCUT2D eigenvalue weighted by atomic mass is 16.3. The van der Waals surface area contributed by atoms with Crippen LogP contribution in [0.1, 0.15) is 58.1 Å². The molecule has 0 radical (unpaired) electrons.